The van der Waals surface area contributed by atoms with E-state index in [-0.39, 0.29) is 36.4 Å². The zero-order chi connectivity index (χ0) is 15.4. The quantitative estimate of drug-likeness (QED) is 0.630. The lowest BCUT2D eigenvalue weighted by Crippen LogP contribution is -2.21. The fourth-order valence-electron chi connectivity index (χ4n) is 2.79. The molecule has 0 amide bonds. The third kappa shape index (κ3) is 3.14. The van der Waals surface area contributed by atoms with E-state index in [1.54, 1.807) is 12.1 Å². The Morgan fingerprint density at radius 2 is 2.14 bits per heavy atom. The highest BCUT2D eigenvalue weighted by molar-refractivity contribution is 5.69. The van der Waals surface area contributed by atoms with Gasteiger partial charge in [-0.1, -0.05) is 25.1 Å². The maximum absolute atomic E-state index is 11.5. The predicted octanol–water partition coefficient (Wildman–Crippen LogP) is 3.00. The number of carbonyl (C=O) groups is 1. The van der Waals surface area contributed by atoms with Gasteiger partial charge in [0.05, 0.1) is 37.4 Å². The highest BCUT2D eigenvalue weighted by atomic mass is 16.5. The van der Waals surface area contributed by atoms with E-state index in [4.69, 9.17) is 14.7 Å². The third-order valence-corrected chi connectivity index (χ3v) is 4.10. The van der Waals surface area contributed by atoms with Crippen molar-refractivity contribution < 1.29 is 14.3 Å². The van der Waals surface area contributed by atoms with Crippen LogP contribution in [0.25, 0.3) is 0 Å². The van der Waals surface area contributed by atoms with Crippen molar-refractivity contribution in [2.45, 2.75) is 25.6 Å². The summed E-state index contributed by atoms with van der Waals surface area (Å²) in [5.41, 5.74) is 1.61. The molecule has 4 heteroatoms. The number of esters is 1. The molecule has 1 aromatic carbocycles. The fourth-order valence-corrected chi connectivity index (χ4v) is 2.79. The van der Waals surface area contributed by atoms with E-state index in [2.05, 4.69) is 19.6 Å². The molecule has 4 atom stereocenters. The van der Waals surface area contributed by atoms with Crippen molar-refractivity contribution in [3.8, 4) is 6.07 Å². The highest BCUT2D eigenvalue weighted by Gasteiger charge is 2.41. The van der Waals surface area contributed by atoms with Gasteiger partial charge in [0, 0.05) is 5.92 Å². The number of ether oxygens (including phenoxy) is 2. The Morgan fingerprint density at radius 1 is 1.48 bits per heavy atom. The van der Waals surface area contributed by atoms with E-state index in [1.165, 1.54) is 7.11 Å². The van der Waals surface area contributed by atoms with Gasteiger partial charge in [0.2, 0.25) is 0 Å². The maximum atomic E-state index is 11.5. The van der Waals surface area contributed by atoms with Crippen molar-refractivity contribution in [3.63, 3.8) is 0 Å². The summed E-state index contributed by atoms with van der Waals surface area (Å²) in [5.74, 6) is 0.0463. The Kier molecular flexibility index (Phi) is 4.77. The summed E-state index contributed by atoms with van der Waals surface area (Å²) < 4.78 is 10.8. The molecule has 4 nitrogen and oxygen atoms in total. The molecule has 0 N–H and O–H groups in total. The molecule has 0 bridgehead atoms. The van der Waals surface area contributed by atoms with Crippen LogP contribution < -0.4 is 0 Å². The molecule has 1 aromatic rings. The maximum Gasteiger partial charge on any atom is 0.308 e. The molecule has 0 saturated carbocycles. The van der Waals surface area contributed by atoms with Crippen LogP contribution in [0.4, 0.5) is 0 Å². The average Bonchev–Trinajstić information content (AvgIpc) is 2.83. The number of rotatable bonds is 4. The first-order chi connectivity index (χ1) is 10.1. The summed E-state index contributed by atoms with van der Waals surface area (Å²) in [7, 11) is 1.38. The summed E-state index contributed by atoms with van der Waals surface area (Å²) in [6, 6.07) is 9.44. The van der Waals surface area contributed by atoms with Gasteiger partial charge in [-0.05, 0) is 23.6 Å². The van der Waals surface area contributed by atoms with E-state index in [0.717, 1.165) is 5.56 Å². The van der Waals surface area contributed by atoms with Crippen LogP contribution in [-0.2, 0) is 14.3 Å². The summed E-state index contributed by atoms with van der Waals surface area (Å²) >= 11 is 0. The zero-order valence-corrected chi connectivity index (χ0v) is 12.3. The number of hydrogen-bond acceptors (Lipinski definition) is 4. The lowest BCUT2D eigenvalue weighted by atomic mass is 9.85. The molecule has 1 aliphatic heterocycles. The van der Waals surface area contributed by atoms with Crippen LogP contribution >= 0.6 is 0 Å². The number of hydrogen-bond donors (Lipinski definition) is 0. The molecular weight excluding hydrogens is 266 g/mol. The van der Waals surface area contributed by atoms with E-state index in [0.29, 0.717) is 5.56 Å². The smallest absolute Gasteiger partial charge is 0.308 e. The van der Waals surface area contributed by atoms with Crippen LogP contribution in [0.3, 0.4) is 0 Å². The van der Waals surface area contributed by atoms with E-state index < -0.39 is 0 Å². The normalized spacial score (nSPS) is 27.9. The molecule has 21 heavy (non-hydrogen) atoms. The van der Waals surface area contributed by atoms with Gasteiger partial charge in [0.1, 0.15) is 0 Å². The summed E-state index contributed by atoms with van der Waals surface area (Å²) in [4.78, 5) is 11.5. The van der Waals surface area contributed by atoms with Gasteiger partial charge in [0.15, 0.2) is 0 Å². The Balaban J connectivity index is 2.20. The van der Waals surface area contributed by atoms with Gasteiger partial charge in [-0.15, -0.1) is 6.58 Å². The van der Waals surface area contributed by atoms with Crippen LogP contribution in [0, 0.1) is 23.2 Å². The molecule has 0 spiro atoms. The Hall–Kier alpha value is -2.12. The largest absolute Gasteiger partial charge is 0.469 e. The Labute approximate surface area is 125 Å². The van der Waals surface area contributed by atoms with Crippen LogP contribution in [-0.4, -0.2) is 19.2 Å². The summed E-state index contributed by atoms with van der Waals surface area (Å²) in [6.45, 7) is 5.95. The first kappa shape index (κ1) is 15.3. The number of nitrogens with zero attached hydrogens (tertiary/aromatic N) is 1. The molecule has 0 radical (unpaired) electrons. The molecule has 1 saturated heterocycles. The van der Waals surface area contributed by atoms with Crippen LogP contribution in [0.5, 0.6) is 0 Å². The van der Waals surface area contributed by atoms with Gasteiger partial charge in [-0.3, -0.25) is 4.79 Å². The molecular formula is C17H19NO3. The predicted molar refractivity (Wildman–Crippen MR) is 78.3 cm³/mol. The topological polar surface area (TPSA) is 59.3 Å². The molecule has 2 rings (SSSR count). The summed E-state index contributed by atoms with van der Waals surface area (Å²) in [6.07, 6.45) is 1.81. The SMILES string of the molecule is C=C[C@@H]1[C@@H](C)[C@H](CC(=O)OC)O[C@H]1c1ccc(C#N)cc1. The zero-order valence-electron chi connectivity index (χ0n) is 12.3. The summed E-state index contributed by atoms with van der Waals surface area (Å²) in [5, 5.41) is 8.85. The van der Waals surface area contributed by atoms with Crippen molar-refractivity contribution in [1.29, 1.82) is 5.26 Å². The van der Waals surface area contributed by atoms with Crippen molar-refractivity contribution >= 4 is 5.97 Å². The minimum atomic E-state index is -0.268. The number of methoxy groups -OCH3 is 1. The van der Waals surface area contributed by atoms with Gasteiger partial charge < -0.3 is 9.47 Å². The standard InChI is InChI=1S/C17H19NO3/c1-4-14-11(2)15(9-16(19)20-3)21-17(14)13-7-5-12(10-18)6-8-13/h4-8,11,14-15,17H,1,9H2,2-3H3/t11-,14-,15+,17+/m1/s1. The monoisotopic (exact) mass is 285 g/mol. The van der Waals surface area contributed by atoms with Crippen LogP contribution in [0.15, 0.2) is 36.9 Å². The molecule has 0 aliphatic carbocycles. The first-order valence-corrected chi connectivity index (χ1v) is 6.95. The molecule has 1 aliphatic rings. The van der Waals surface area contributed by atoms with E-state index in [1.807, 2.05) is 18.2 Å². The minimum Gasteiger partial charge on any atom is -0.469 e. The number of benzene rings is 1. The second kappa shape index (κ2) is 6.55. The van der Waals surface area contributed by atoms with E-state index >= 15 is 0 Å². The Bertz CT molecular complexity index is 558. The molecule has 0 unspecified atom stereocenters. The number of nitriles is 1. The van der Waals surface area contributed by atoms with Crippen LogP contribution in [0.1, 0.15) is 30.6 Å². The van der Waals surface area contributed by atoms with Crippen molar-refractivity contribution in [2.75, 3.05) is 7.11 Å². The molecule has 1 fully saturated rings. The lowest BCUT2D eigenvalue weighted by molar-refractivity contribution is -0.144. The van der Waals surface area contributed by atoms with E-state index in [9.17, 15) is 4.79 Å². The molecule has 1 heterocycles. The van der Waals surface area contributed by atoms with Gasteiger partial charge in [-0.2, -0.15) is 5.26 Å². The van der Waals surface area contributed by atoms with Gasteiger partial charge >= 0.3 is 5.97 Å². The van der Waals surface area contributed by atoms with Gasteiger partial charge in [0.25, 0.3) is 0 Å². The van der Waals surface area contributed by atoms with Crippen molar-refractivity contribution in [3.05, 3.63) is 48.0 Å². The fraction of sp³-hybridized carbons (Fsp3) is 0.412. The van der Waals surface area contributed by atoms with Crippen LogP contribution in [0.2, 0.25) is 0 Å². The van der Waals surface area contributed by atoms with Crippen molar-refractivity contribution in [1.82, 2.24) is 0 Å². The Morgan fingerprint density at radius 3 is 2.67 bits per heavy atom. The molecule has 110 valence electrons. The first-order valence-electron chi connectivity index (χ1n) is 6.95. The van der Waals surface area contributed by atoms with Gasteiger partial charge in [-0.25, -0.2) is 0 Å². The third-order valence-electron chi connectivity index (χ3n) is 4.10. The second-order valence-electron chi connectivity index (χ2n) is 5.28. The second-order valence-corrected chi connectivity index (χ2v) is 5.28. The minimum absolute atomic E-state index is 0.132. The molecule has 0 aromatic heterocycles. The van der Waals surface area contributed by atoms with Crippen molar-refractivity contribution in [2.24, 2.45) is 11.8 Å². The number of carbonyl (C=O) groups excluding carboxylic acids is 1. The highest BCUT2D eigenvalue weighted by Crippen LogP contribution is 2.43. The lowest BCUT2D eigenvalue weighted by Gasteiger charge is -2.17. The average molecular weight is 285 g/mol.